The van der Waals surface area contributed by atoms with Crippen molar-refractivity contribution >= 4 is 23.4 Å². The SMILES string of the molecule is CC(N(C)c1ccc(Cl)c(C(=O)O)n1)C(C)(C)C. The predicted octanol–water partition coefficient (Wildman–Crippen LogP) is 3.30. The lowest BCUT2D eigenvalue weighted by Crippen LogP contribution is -2.40. The number of nitrogens with zero attached hydrogens (tertiary/aromatic N) is 2. The molecule has 1 aromatic heterocycles. The number of hydrogen-bond donors (Lipinski definition) is 1. The summed E-state index contributed by atoms with van der Waals surface area (Å²) in [6.07, 6.45) is 0. The van der Waals surface area contributed by atoms with Crippen molar-refractivity contribution in [1.29, 1.82) is 0 Å². The Morgan fingerprint density at radius 2 is 2.00 bits per heavy atom. The van der Waals surface area contributed by atoms with Gasteiger partial charge in [-0.1, -0.05) is 32.4 Å². The third-order valence-corrected chi connectivity index (χ3v) is 3.53. The number of carboxylic acids is 1. The fourth-order valence-electron chi connectivity index (χ4n) is 1.56. The van der Waals surface area contributed by atoms with Gasteiger partial charge in [0.2, 0.25) is 0 Å². The van der Waals surface area contributed by atoms with Crippen molar-refractivity contribution in [3.63, 3.8) is 0 Å². The van der Waals surface area contributed by atoms with Gasteiger partial charge >= 0.3 is 5.97 Å². The van der Waals surface area contributed by atoms with Crippen molar-refractivity contribution < 1.29 is 9.90 Å². The smallest absolute Gasteiger partial charge is 0.356 e. The zero-order valence-electron chi connectivity index (χ0n) is 11.4. The predicted molar refractivity (Wildman–Crippen MR) is 73.5 cm³/mol. The highest BCUT2D eigenvalue weighted by Gasteiger charge is 2.25. The average molecular weight is 271 g/mol. The summed E-state index contributed by atoms with van der Waals surface area (Å²) in [5.41, 5.74) is -0.0402. The highest BCUT2D eigenvalue weighted by molar-refractivity contribution is 6.33. The third-order valence-electron chi connectivity index (χ3n) is 3.23. The fraction of sp³-hybridized carbons (Fsp3) is 0.538. The third kappa shape index (κ3) is 3.13. The Morgan fingerprint density at radius 1 is 1.44 bits per heavy atom. The molecule has 0 spiro atoms. The fourth-order valence-corrected chi connectivity index (χ4v) is 1.74. The molecule has 1 N–H and O–H groups in total. The molecule has 1 aromatic rings. The molecule has 100 valence electrons. The zero-order chi connectivity index (χ0) is 14.1. The molecule has 18 heavy (non-hydrogen) atoms. The molecule has 0 aliphatic carbocycles. The maximum atomic E-state index is 11.0. The molecule has 0 aliphatic heterocycles. The summed E-state index contributed by atoms with van der Waals surface area (Å²) in [5, 5.41) is 9.16. The van der Waals surface area contributed by atoms with Gasteiger partial charge in [-0.2, -0.15) is 0 Å². The Morgan fingerprint density at radius 3 is 2.44 bits per heavy atom. The first-order valence-corrected chi connectivity index (χ1v) is 6.15. The van der Waals surface area contributed by atoms with Gasteiger partial charge in [0.15, 0.2) is 5.69 Å². The second-order valence-corrected chi connectivity index (χ2v) is 5.87. The zero-order valence-corrected chi connectivity index (χ0v) is 12.1. The molecule has 0 radical (unpaired) electrons. The van der Waals surface area contributed by atoms with Crippen LogP contribution in [-0.2, 0) is 0 Å². The molecule has 0 saturated carbocycles. The molecule has 4 nitrogen and oxygen atoms in total. The van der Waals surface area contributed by atoms with E-state index in [0.29, 0.717) is 5.82 Å². The second-order valence-electron chi connectivity index (χ2n) is 5.46. The lowest BCUT2D eigenvalue weighted by Gasteiger charge is -2.36. The van der Waals surface area contributed by atoms with E-state index in [1.54, 1.807) is 12.1 Å². The van der Waals surface area contributed by atoms with E-state index in [1.165, 1.54) is 0 Å². The molecule has 1 unspecified atom stereocenters. The number of carboxylic acid groups (broad SMARTS) is 1. The van der Waals surface area contributed by atoms with Crippen molar-refractivity contribution in [2.45, 2.75) is 33.7 Å². The maximum absolute atomic E-state index is 11.0. The van der Waals surface area contributed by atoms with Crippen molar-refractivity contribution in [2.24, 2.45) is 5.41 Å². The Kier molecular flexibility index (Phi) is 4.22. The van der Waals surface area contributed by atoms with E-state index in [2.05, 4.69) is 32.7 Å². The molecule has 1 heterocycles. The van der Waals surface area contributed by atoms with E-state index in [0.717, 1.165) is 0 Å². The minimum Gasteiger partial charge on any atom is -0.476 e. The van der Waals surface area contributed by atoms with E-state index in [4.69, 9.17) is 16.7 Å². The van der Waals surface area contributed by atoms with Crippen molar-refractivity contribution in [1.82, 2.24) is 4.98 Å². The number of hydrogen-bond acceptors (Lipinski definition) is 3. The number of anilines is 1. The first-order chi connectivity index (χ1) is 8.14. The van der Waals surface area contributed by atoms with Gasteiger partial charge in [-0.05, 0) is 24.5 Å². The van der Waals surface area contributed by atoms with Crippen LogP contribution < -0.4 is 4.90 Å². The molecule has 0 aliphatic rings. The molecule has 1 rings (SSSR count). The van der Waals surface area contributed by atoms with Gasteiger partial charge in [-0.15, -0.1) is 0 Å². The van der Waals surface area contributed by atoms with Crippen molar-refractivity contribution in [3.05, 3.63) is 22.8 Å². The summed E-state index contributed by atoms with van der Waals surface area (Å²) >= 11 is 5.80. The highest BCUT2D eigenvalue weighted by atomic mass is 35.5. The number of aromatic nitrogens is 1. The van der Waals surface area contributed by atoms with Gasteiger partial charge in [0.1, 0.15) is 5.82 Å². The summed E-state index contributed by atoms with van der Waals surface area (Å²) in [5.74, 6) is -0.502. The van der Waals surface area contributed by atoms with Gasteiger partial charge < -0.3 is 10.0 Å². The van der Waals surface area contributed by atoms with Gasteiger partial charge in [0, 0.05) is 13.1 Å². The normalized spacial score (nSPS) is 13.2. The molecule has 0 fully saturated rings. The van der Waals surface area contributed by atoms with Crippen LogP contribution in [0.5, 0.6) is 0 Å². The van der Waals surface area contributed by atoms with Crippen LogP contribution in [0.25, 0.3) is 0 Å². The summed E-state index contributed by atoms with van der Waals surface area (Å²) in [7, 11) is 1.90. The lowest BCUT2D eigenvalue weighted by atomic mass is 9.87. The van der Waals surface area contributed by atoms with Crippen LogP contribution in [0.4, 0.5) is 5.82 Å². The monoisotopic (exact) mass is 270 g/mol. The molecular formula is C13H19ClN2O2. The molecule has 0 saturated heterocycles. The Balaban J connectivity index is 3.11. The number of carbonyl (C=O) groups is 1. The van der Waals surface area contributed by atoms with Gasteiger partial charge in [0.05, 0.1) is 5.02 Å². The quantitative estimate of drug-likeness (QED) is 0.916. The molecular weight excluding hydrogens is 252 g/mol. The van der Waals surface area contributed by atoms with Crippen LogP contribution in [0, 0.1) is 5.41 Å². The molecule has 0 bridgehead atoms. The maximum Gasteiger partial charge on any atom is 0.356 e. The minimum atomic E-state index is -1.11. The van der Waals surface area contributed by atoms with E-state index >= 15 is 0 Å². The van der Waals surface area contributed by atoms with Gasteiger partial charge in [-0.3, -0.25) is 0 Å². The van der Waals surface area contributed by atoms with Crippen LogP contribution in [0.15, 0.2) is 12.1 Å². The summed E-state index contributed by atoms with van der Waals surface area (Å²) in [4.78, 5) is 17.1. The largest absolute Gasteiger partial charge is 0.476 e. The lowest BCUT2D eigenvalue weighted by molar-refractivity contribution is 0.0691. The first kappa shape index (κ1) is 14.8. The van der Waals surface area contributed by atoms with E-state index in [9.17, 15) is 4.79 Å². The van der Waals surface area contributed by atoms with Crippen LogP contribution in [0.3, 0.4) is 0 Å². The molecule has 5 heteroatoms. The van der Waals surface area contributed by atoms with Crippen LogP contribution in [0.1, 0.15) is 38.2 Å². The second kappa shape index (κ2) is 5.14. The Labute approximate surface area is 113 Å². The summed E-state index contributed by atoms with van der Waals surface area (Å²) in [6.45, 7) is 8.46. The van der Waals surface area contributed by atoms with Crippen molar-refractivity contribution in [3.8, 4) is 0 Å². The minimum absolute atomic E-state index is 0.0689. The van der Waals surface area contributed by atoms with Crippen LogP contribution in [0.2, 0.25) is 5.02 Å². The number of rotatable bonds is 3. The van der Waals surface area contributed by atoms with Crippen molar-refractivity contribution in [2.75, 3.05) is 11.9 Å². The summed E-state index contributed by atoms with van der Waals surface area (Å²) in [6, 6.07) is 3.52. The molecule has 0 aromatic carbocycles. The van der Waals surface area contributed by atoms with E-state index in [1.807, 2.05) is 11.9 Å². The number of aromatic carboxylic acids is 1. The van der Waals surface area contributed by atoms with Gasteiger partial charge in [-0.25, -0.2) is 9.78 Å². The summed E-state index contributed by atoms with van der Waals surface area (Å²) < 4.78 is 0. The molecule has 1 atom stereocenters. The standard InChI is InChI=1S/C13H19ClN2O2/c1-8(13(2,3)4)16(5)10-7-6-9(14)11(15-10)12(17)18/h6-8H,1-5H3,(H,17,18). The number of pyridine rings is 1. The Bertz CT molecular complexity index is 455. The highest BCUT2D eigenvalue weighted by Crippen LogP contribution is 2.27. The molecule has 0 amide bonds. The average Bonchev–Trinajstić information content (AvgIpc) is 2.26. The van der Waals surface area contributed by atoms with E-state index in [-0.39, 0.29) is 22.2 Å². The van der Waals surface area contributed by atoms with Gasteiger partial charge in [0.25, 0.3) is 0 Å². The first-order valence-electron chi connectivity index (χ1n) is 5.77. The van der Waals surface area contributed by atoms with E-state index < -0.39 is 5.97 Å². The van der Waals surface area contributed by atoms with Crippen LogP contribution >= 0.6 is 11.6 Å². The number of halogens is 1. The topological polar surface area (TPSA) is 53.4 Å². The van der Waals surface area contributed by atoms with Crippen LogP contribution in [-0.4, -0.2) is 29.1 Å². The Hall–Kier alpha value is -1.29.